The van der Waals surface area contributed by atoms with Crippen LogP contribution >= 0.6 is 0 Å². The number of aromatic nitrogens is 1. The smallest absolute Gasteiger partial charge is 0.270 e. The number of amides is 1. The van der Waals surface area contributed by atoms with Crippen molar-refractivity contribution in [2.24, 2.45) is 0 Å². The molecule has 0 aliphatic carbocycles. The number of anilines is 2. The highest BCUT2D eigenvalue weighted by Crippen LogP contribution is 2.29. The number of non-ortho nitro benzene ring substituents is 1. The second kappa shape index (κ2) is 6.71. The minimum absolute atomic E-state index is 0.106. The van der Waals surface area contributed by atoms with Crippen molar-refractivity contribution in [1.29, 1.82) is 0 Å². The van der Waals surface area contributed by atoms with Crippen molar-refractivity contribution in [3.63, 3.8) is 0 Å². The number of hydrogen-bond acceptors (Lipinski definition) is 6. The molecule has 2 aromatic carbocycles. The molecular weight excluding hydrogens is 348 g/mol. The zero-order valence-corrected chi connectivity index (χ0v) is 14.8. The van der Waals surface area contributed by atoms with Crippen LogP contribution in [0.1, 0.15) is 29.1 Å². The molecule has 1 aliphatic rings. The molecular formula is C19H18N4O4. The Hall–Kier alpha value is -3.42. The Labute approximate surface area is 154 Å². The highest BCUT2D eigenvalue weighted by atomic mass is 16.6. The number of benzene rings is 2. The van der Waals surface area contributed by atoms with Crippen molar-refractivity contribution < 1.29 is 14.1 Å². The van der Waals surface area contributed by atoms with E-state index in [9.17, 15) is 14.9 Å². The third kappa shape index (κ3) is 3.33. The first kappa shape index (κ1) is 17.0. The summed E-state index contributed by atoms with van der Waals surface area (Å²) < 4.78 is 5.44. The van der Waals surface area contributed by atoms with E-state index < -0.39 is 4.92 Å². The van der Waals surface area contributed by atoms with Crippen LogP contribution in [0.15, 0.2) is 40.8 Å². The van der Waals surface area contributed by atoms with E-state index in [-0.39, 0.29) is 11.6 Å². The molecule has 1 fully saturated rings. The van der Waals surface area contributed by atoms with Gasteiger partial charge in [0.25, 0.3) is 11.6 Å². The van der Waals surface area contributed by atoms with Gasteiger partial charge >= 0.3 is 0 Å². The highest BCUT2D eigenvalue weighted by Gasteiger charge is 2.22. The van der Waals surface area contributed by atoms with E-state index in [1.807, 2.05) is 0 Å². The molecule has 2 heterocycles. The van der Waals surface area contributed by atoms with Gasteiger partial charge in [0.05, 0.1) is 16.2 Å². The SMILES string of the molecule is Cc1nc2cc(NC(=O)c3cc([N+](=O)[O-])ccc3N3CCCC3)ccc2o1. The minimum Gasteiger partial charge on any atom is -0.441 e. The second-order valence-corrected chi connectivity index (χ2v) is 6.52. The van der Waals surface area contributed by atoms with Gasteiger partial charge in [-0.3, -0.25) is 14.9 Å². The number of carbonyl (C=O) groups is 1. The van der Waals surface area contributed by atoms with E-state index in [4.69, 9.17) is 4.42 Å². The van der Waals surface area contributed by atoms with Crippen molar-refractivity contribution in [3.8, 4) is 0 Å². The van der Waals surface area contributed by atoms with Gasteiger partial charge < -0.3 is 14.6 Å². The van der Waals surface area contributed by atoms with Gasteiger partial charge in [0.1, 0.15) is 5.52 Å². The summed E-state index contributed by atoms with van der Waals surface area (Å²) in [6, 6.07) is 9.60. The van der Waals surface area contributed by atoms with Crippen molar-refractivity contribution in [2.45, 2.75) is 19.8 Å². The van der Waals surface area contributed by atoms with Crippen molar-refractivity contribution in [2.75, 3.05) is 23.3 Å². The molecule has 0 spiro atoms. The van der Waals surface area contributed by atoms with Crippen LogP contribution in [-0.2, 0) is 0 Å². The van der Waals surface area contributed by atoms with Gasteiger partial charge in [-0.25, -0.2) is 4.98 Å². The standard InChI is InChI=1S/C19H18N4O4/c1-12-20-16-10-13(4-7-18(16)27-12)21-19(24)15-11-14(23(25)26)5-6-17(15)22-8-2-3-9-22/h4-7,10-11H,2-3,8-9H2,1H3,(H,21,24). The lowest BCUT2D eigenvalue weighted by Gasteiger charge is -2.20. The van der Waals surface area contributed by atoms with E-state index in [2.05, 4.69) is 15.2 Å². The van der Waals surface area contributed by atoms with Crippen LogP contribution in [0.2, 0.25) is 0 Å². The fourth-order valence-corrected chi connectivity index (χ4v) is 3.37. The quantitative estimate of drug-likeness (QED) is 0.555. The van der Waals surface area contributed by atoms with E-state index >= 15 is 0 Å². The van der Waals surface area contributed by atoms with Crippen LogP contribution in [0.4, 0.5) is 17.1 Å². The van der Waals surface area contributed by atoms with Gasteiger partial charge in [-0.2, -0.15) is 0 Å². The molecule has 8 nitrogen and oxygen atoms in total. The van der Waals surface area contributed by atoms with Crippen LogP contribution in [0.25, 0.3) is 11.1 Å². The average Bonchev–Trinajstić information content (AvgIpc) is 3.29. The molecule has 1 aromatic heterocycles. The maximum atomic E-state index is 12.9. The molecule has 1 aliphatic heterocycles. The van der Waals surface area contributed by atoms with E-state index in [1.54, 1.807) is 31.2 Å². The van der Waals surface area contributed by atoms with E-state index in [0.29, 0.717) is 33.9 Å². The number of rotatable bonds is 4. The van der Waals surface area contributed by atoms with Crippen LogP contribution < -0.4 is 10.2 Å². The summed E-state index contributed by atoms with van der Waals surface area (Å²) in [7, 11) is 0. The number of oxazole rings is 1. The minimum atomic E-state index is -0.491. The number of aryl methyl sites for hydroxylation is 1. The monoisotopic (exact) mass is 366 g/mol. The Morgan fingerprint density at radius 2 is 2.00 bits per heavy atom. The molecule has 1 amide bonds. The molecule has 0 bridgehead atoms. The summed E-state index contributed by atoms with van der Waals surface area (Å²) in [6.07, 6.45) is 2.08. The fourth-order valence-electron chi connectivity index (χ4n) is 3.37. The molecule has 4 rings (SSSR count). The molecule has 1 N–H and O–H groups in total. The van der Waals surface area contributed by atoms with Crippen molar-refractivity contribution in [1.82, 2.24) is 4.98 Å². The first-order valence-corrected chi connectivity index (χ1v) is 8.73. The Kier molecular flexibility index (Phi) is 4.23. The van der Waals surface area contributed by atoms with Gasteiger partial charge in [0.2, 0.25) is 0 Å². The van der Waals surface area contributed by atoms with Crippen LogP contribution in [-0.4, -0.2) is 28.9 Å². The van der Waals surface area contributed by atoms with Gasteiger partial charge in [0.15, 0.2) is 11.5 Å². The molecule has 138 valence electrons. The van der Waals surface area contributed by atoms with Gasteiger partial charge in [-0.15, -0.1) is 0 Å². The molecule has 0 saturated carbocycles. The van der Waals surface area contributed by atoms with E-state index in [0.717, 1.165) is 25.9 Å². The number of nitrogens with zero attached hydrogens (tertiary/aromatic N) is 3. The number of carbonyl (C=O) groups excluding carboxylic acids is 1. The van der Waals surface area contributed by atoms with Gasteiger partial charge in [0, 0.05) is 37.8 Å². The van der Waals surface area contributed by atoms with E-state index in [1.165, 1.54) is 12.1 Å². The Balaban J connectivity index is 1.67. The molecule has 0 radical (unpaired) electrons. The lowest BCUT2D eigenvalue weighted by atomic mass is 10.1. The lowest BCUT2D eigenvalue weighted by molar-refractivity contribution is -0.384. The first-order valence-electron chi connectivity index (χ1n) is 8.73. The summed E-state index contributed by atoms with van der Waals surface area (Å²) in [5, 5.41) is 14.0. The molecule has 0 unspecified atom stereocenters. The van der Waals surface area contributed by atoms with Crippen molar-refractivity contribution in [3.05, 3.63) is 58.0 Å². The maximum absolute atomic E-state index is 12.9. The van der Waals surface area contributed by atoms with Crippen LogP contribution in [0.3, 0.4) is 0 Å². The zero-order chi connectivity index (χ0) is 19.0. The number of hydrogen-bond donors (Lipinski definition) is 1. The summed E-state index contributed by atoms with van der Waals surface area (Å²) in [5.74, 6) is 0.156. The highest BCUT2D eigenvalue weighted by molar-refractivity contribution is 6.09. The average molecular weight is 366 g/mol. The number of fused-ring (bicyclic) bond motifs is 1. The normalized spacial score (nSPS) is 13.9. The molecule has 8 heteroatoms. The lowest BCUT2D eigenvalue weighted by Crippen LogP contribution is -2.23. The predicted molar refractivity (Wildman–Crippen MR) is 101 cm³/mol. The first-order chi connectivity index (χ1) is 13.0. The summed E-state index contributed by atoms with van der Waals surface area (Å²) >= 11 is 0. The van der Waals surface area contributed by atoms with Gasteiger partial charge in [-0.1, -0.05) is 0 Å². The van der Waals surface area contributed by atoms with Crippen molar-refractivity contribution >= 4 is 34.1 Å². The Morgan fingerprint density at radius 1 is 1.22 bits per heavy atom. The second-order valence-electron chi connectivity index (χ2n) is 6.52. The fraction of sp³-hybridized carbons (Fsp3) is 0.263. The molecule has 0 atom stereocenters. The van der Waals surface area contributed by atoms with Crippen LogP contribution in [0.5, 0.6) is 0 Å². The number of nitro benzene ring substituents is 1. The summed E-state index contributed by atoms with van der Waals surface area (Å²) in [6.45, 7) is 3.42. The maximum Gasteiger partial charge on any atom is 0.270 e. The molecule has 3 aromatic rings. The van der Waals surface area contributed by atoms with Gasteiger partial charge in [-0.05, 0) is 37.1 Å². The predicted octanol–water partition coefficient (Wildman–Crippen LogP) is 3.90. The van der Waals surface area contributed by atoms with Crippen LogP contribution in [0, 0.1) is 17.0 Å². The largest absolute Gasteiger partial charge is 0.441 e. The summed E-state index contributed by atoms with van der Waals surface area (Å²) in [4.78, 5) is 29.9. The summed E-state index contributed by atoms with van der Waals surface area (Å²) in [5.41, 5.74) is 2.74. The topological polar surface area (TPSA) is 102 Å². The Bertz CT molecular complexity index is 1040. The zero-order valence-electron chi connectivity index (χ0n) is 14.8. The third-order valence-electron chi connectivity index (χ3n) is 4.63. The number of nitrogens with one attached hydrogen (secondary N) is 1. The molecule has 27 heavy (non-hydrogen) atoms. The molecule has 1 saturated heterocycles. The number of nitro groups is 1. The Morgan fingerprint density at radius 3 is 2.74 bits per heavy atom. The third-order valence-corrected chi connectivity index (χ3v) is 4.63.